The SMILES string of the molecule is CCCc1noc(CCC(=O)N(c2ccc(C(C)C)cc2)c2nc3ccccc3s2)n1. The topological polar surface area (TPSA) is 72.1 Å². The van der Waals surface area contributed by atoms with Crippen LogP contribution < -0.4 is 4.90 Å². The summed E-state index contributed by atoms with van der Waals surface area (Å²) >= 11 is 1.51. The molecule has 6 nitrogen and oxygen atoms in total. The fraction of sp³-hybridized carbons (Fsp3) is 0.333. The summed E-state index contributed by atoms with van der Waals surface area (Å²) in [5.74, 6) is 1.57. The smallest absolute Gasteiger partial charge is 0.233 e. The van der Waals surface area contributed by atoms with Gasteiger partial charge in [0.15, 0.2) is 11.0 Å². The molecule has 0 fully saturated rings. The zero-order valence-electron chi connectivity index (χ0n) is 18.0. The highest BCUT2D eigenvalue weighted by Gasteiger charge is 2.22. The second-order valence-corrected chi connectivity index (χ2v) is 8.80. The number of carbonyl (C=O) groups is 1. The minimum atomic E-state index is -0.0494. The van der Waals surface area contributed by atoms with E-state index < -0.39 is 0 Å². The summed E-state index contributed by atoms with van der Waals surface area (Å²) in [5.41, 5.74) is 2.93. The van der Waals surface area contributed by atoms with Gasteiger partial charge >= 0.3 is 0 Å². The third kappa shape index (κ3) is 4.82. The normalized spacial score (nSPS) is 11.4. The first-order chi connectivity index (χ1) is 15.0. The van der Waals surface area contributed by atoms with E-state index in [-0.39, 0.29) is 12.3 Å². The molecule has 0 radical (unpaired) electrons. The average Bonchev–Trinajstić information content (AvgIpc) is 3.39. The lowest BCUT2D eigenvalue weighted by molar-refractivity contribution is -0.117. The molecule has 0 aliphatic rings. The molecule has 0 aliphatic carbocycles. The van der Waals surface area contributed by atoms with Gasteiger partial charge in [-0.1, -0.05) is 61.5 Å². The van der Waals surface area contributed by atoms with Crippen LogP contribution in [-0.2, 0) is 17.6 Å². The van der Waals surface area contributed by atoms with Crippen LogP contribution in [0.2, 0.25) is 0 Å². The van der Waals surface area contributed by atoms with Crippen LogP contribution in [0.3, 0.4) is 0 Å². The largest absolute Gasteiger partial charge is 0.339 e. The first-order valence-electron chi connectivity index (χ1n) is 10.6. The van der Waals surface area contributed by atoms with E-state index >= 15 is 0 Å². The van der Waals surface area contributed by atoms with Crippen molar-refractivity contribution >= 4 is 38.3 Å². The average molecular weight is 435 g/mol. The van der Waals surface area contributed by atoms with Gasteiger partial charge in [-0.25, -0.2) is 4.98 Å². The van der Waals surface area contributed by atoms with Crippen molar-refractivity contribution in [1.82, 2.24) is 15.1 Å². The second kappa shape index (κ2) is 9.39. The second-order valence-electron chi connectivity index (χ2n) is 7.79. The number of carbonyl (C=O) groups excluding carboxylic acids is 1. The number of fused-ring (bicyclic) bond motifs is 1. The van der Waals surface area contributed by atoms with Crippen molar-refractivity contribution in [3.63, 3.8) is 0 Å². The van der Waals surface area contributed by atoms with Crippen LogP contribution in [0.4, 0.5) is 10.8 Å². The number of rotatable bonds is 8. The number of hydrogen-bond acceptors (Lipinski definition) is 6. The first-order valence-corrected chi connectivity index (χ1v) is 11.5. The predicted octanol–water partition coefficient (Wildman–Crippen LogP) is 6.05. The Balaban J connectivity index is 1.61. The maximum absolute atomic E-state index is 13.3. The summed E-state index contributed by atoms with van der Waals surface area (Å²) in [6.45, 7) is 6.38. The van der Waals surface area contributed by atoms with Gasteiger partial charge in [0.25, 0.3) is 0 Å². The molecule has 0 aliphatic heterocycles. The molecule has 0 bridgehead atoms. The highest BCUT2D eigenvalue weighted by atomic mass is 32.1. The molecule has 31 heavy (non-hydrogen) atoms. The van der Waals surface area contributed by atoms with Gasteiger partial charge in [-0.05, 0) is 42.2 Å². The molecule has 0 unspecified atom stereocenters. The van der Waals surface area contributed by atoms with Crippen LogP contribution in [0, 0.1) is 0 Å². The van der Waals surface area contributed by atoms with E-state index in [9.17, 15) is 4.79 Å². The maximum Gasteiger partial charge on any atom is 0.233 e. The van der Waals surface area contributed by atoms with Crippen LogP contribution >= 0.6 is 11.3 Å². The van der Waals surface area contributed by atoms with Crippen LogP contribution in [0.15, 0.2) is 53.1 Å². The van der Waals surface area contributed by atoms with Gasteiger partial charge in [-0.15, -0.1) is 0 Å². The Labute approximate surface area is 185 Å². The van der Waals surface area contributed by atoms with E-state index in [4.69, 9.17) is 9.51 Å². The van der Waals surface area contributed by atoms with E-state index in [2.05, 4.69) is 43.0 Å². The number of aromatic nitrogens is 3. The molecule has 4 aromatic rings. The minimum Gasteiger partial charge on any atom is -0.339 e. The Bertz CT molecular complexity index is 1130. The first kappa shape index (κ1) is 21.2. The van der Waals surface area contributed by atoms with Gasteiger partial charge in [-0.3, -0.25) is 9.69 Å². The van der Waals surface area contributed by atoms with Crippen LogP contribution in [0.1, 0.15) is 56.8 Å². The van der Waals surface area contributed by atoms with Crippen molar-refractivity contribution < 1.29 is 9.32 Å². The molecule has 0 saturated carbocycles. The van der Waals surface area contributed by atoms with Gasteiger partial charge < -0.3 is 4.52 Å². The van der Waals surface area contributed by atoms with E-state index in [0.29, 0.717) is 29.2 Å². The number of hydrogen-bond donors (Lipinski definition) is 0. The van der Waals surface area contributed by atoms with Crippen molar-refractivity contribution in [3.05, 3.63) is 65.8 Å². The Kier molecular flexibility index (Phi) is 6.42. The lowest BCUT2D eigenvalue weighted by Gasteiger charge is -2.20. The number of amides is 1. The van der Waals surface area contributed by atoms with Gasteiger partial charge in [0.1, 0.15) is 0 Å². The van der Waals surface area contributed by atoms with Crippen molar-refractivity contribution in [2.45, 2.75) is 52.4 Å². The molecule has 160 valence electrons. The summed E-state index contributed by atoms with van der Waals surface area (Å²) in [6, 6.07) is 16.1. The zero-order valence-corrected chi connectivity index (χ0v) is 18.9. The highest BCUT2D eigenvalue weighted by Crippen LogP contribution is 2.34. The third-order valence-electron chi connectivity index (χ3n) is 5.08. The molecule has 2 heterocycles. The summed E-state index contributed by atoms with van der Waals surface area (Å²) < 4.78 is 6.36. The number of para-hydroxylation sites is 1. The molecule has 0 N–H and O–H groups in total. The molecule has 2 aromatic carbocycles. The fourth-order valence-electron chi connectivity index (χ4n) is 3.37. The van der Waals surface area contributed by atoms with Crippen LogP contribution in [0.25, 0.3) is 10.2 Å². The summed E-state index contributed by atoms with van der Waals surface area (Å²) in [5, 5.41) is 4.65. The standard InChI is InChI=1S/C24H26N4O2S/c1-4-7-21-26-22(30-27-21)14-15-23(29)28(18-12-10-17(11-13-18)16(2)3)24-25-19-8-5-6-9-20(19)31-24/h5-6,8-13,16H,4,7,14-15H2,1-3H3. The number of nitrogens with zero attached hydrogens (tertiary/aromatic N) is 4. The minimum absolute atomic E-state index is 0.0494. The van der Waals surface area contributed by atoms with Crippen molar-refractivity contribution in [3.8, 4) is 0 Å². The molecule has 2 aromatic heterocycles. The molecular formula is C24H26N4O2S. The van der Waals surface area contributed by atoms with Gasteiger partial charge in [-0.2, -0.15) is 4.98 Å². The van der Waals surface area contributed by atoms with Crippen LogP contribution in [0.5, 0.6) is 0 Å². The van der Waals surface area contributed by atoms with Crippen LogP contribution in [-0.4, -0.2) is 21.0 Å². The van der Waals surface area contributed by atoms with E-state index in [1.54, 1.807) is 4.90 Å². The molecule has 0 spiro atoms. The van der Waals surface area contributed by atoms with Crippen molar-refractivity contribution in [2.75, 3.05) is 4.90 Å². The van der Waals surface area contributed by atoms with Crippen molar-refractivity contribution in [2.24, 2.45) is 0 Å². The molecule has 0 atom stereocenters. The Morgan fingerprint density at radius 1 is 1.06 bits per heavy atom. The maximum atomic E-state index is 13.3. The molecule has 7 heteroatoms. The summed E-state index contributed by atoms with van der Waals surface area (Å²) in [4.78, 5) is 24.2. The van der Waals surface area contributed by atoms with E-state index in [1.165, 1.54) is 16.9 Å². The van der Waals surface area contributed by atoms with Gasteiger partial charge in [0.05, 0.1) is 15.9 Å². The molecular weight excluding hydrogens is 408 g/mol. The molecule has 4 rings (SSSR count). The van der Waals surface area contributed by atoms with Gasteiger partial charge in [0.2, 0.25) is 11.8 Å². The Morgan fingerprint density at radius 2 is 1.84 bits per heavy atom. The monoisotopic (exact) mass is 434 g/mol. The number of anilines is 2. The quantitative estimate of drug-likeness (QED) is 0.337. The van der Waals surface area contributed by atoms with E-state index in [0.717, 1.165) is 28.7 Å². The summed E-state index contributed by atoms with van der Waals surface area (Å²) in [7, 11) is 0. The lowest BCUT2D eigenvalue weighted by atomic mass is 10.0. The fourth-order valence-corrected chi connectivity index (χ4v) is 4.37. The van der Waals surface area contributed by atoms with Gasteiger partial charge in [0, 0.05) is 19.3 Å². The Morgan fingerprint density at radius 3 is 2.55 bits per heavy atom. The zero-order chi connectivity index (χ0) is 21.8. The summed E-state index contributed by atoms with van der Waals surface area (Å²) in [6.07, 6.45) is 2.39. The number of benzene rings is 2. The third-order valence-corrected chi connectivity index (χ3v) is 6.10. The Hall–Kier alpha value is -3.06. The number of aryl methyl sites for hydroxylation is 2. The molecule has 1 amide bonds. The molecule has 0 saturated heterocycles. The lowest BCUT2D eigenvalue weighted by Crippen LogP contribution is -2.26. The van der Waals surface area contributed by atoms with Crippen molar-refractivity contribution in [1.29, 1.82) is 0 Å². The predicted molar refractivity (Wildman–Crippen MR) is 124 cm³/mol. The number of thiazole rings is 1. The van der Waals surface area contributed by atoms with E-state index in [1.807, 2.05) is 36.4 Å². The highest BCUT2D eigenvalue weighted by molar-refractivity contribution is 7.22.